The zero-order valence-corrected chi connectivity index (χ0v) is 17.5. The molecular formula is C18H31FN2O7. The normalized spacial score (nSPS) is 10.6. The Morgan fingerprint density at radius 1 is 0.929 bits per heavy atom. The lowest BCUT2D eigenvalue weighted by molar-refractivity contribution is -0.191. The second-order valence-corrected chi connectivity index (χ2v) is 7.02. The van der Waals surface area contributed by atoms with Crippen LogP contribution in [0.15, 0.2) is 11.9 Å². The maximum atomic E-state index is 12.6. The van der Waals surface area contributed by atoms with Crippen LogP contribution in [0.1, 0.15) is 54.9 Å². The summed E-state index contributed by atoms with van der Waals surface area (Å²) in [4.78, 5) is 47.8. The highest BCUT2D eigenvalue weighted by molar-refractivity contribution is 5.71. The number of carbonyl (C=O) groups is 3. The van der Waals surface area contributed by atoms with E-state index in [1.54, 1.807) is 48.5 Å². The molecule has 0 unspecified atom stereocenters. The van der Waals surface area contributed by atoms with Crippen LogP contribution in [0, 0.1) is 0 Å². The summed E-state index contributed by atoms with van der Waals surface area (Å²) < 4.78 is 22.4. The third-order valence-electron chi connectivity index (χ3n) is 2.04. The number of rotatable bonds is 5. The highest BCUT2D eigenvalue weighted by Crippen LogP contribution is 2.07. The van der Waals surface area contributed by atoms with E-state index in [4.69, 9.17) is 19.1 Å². The third kappa shape index (κ3) is 31.1. The number of hydrogen-bond donors (Lipinski definition) is 2. The summed E-state index contributed by atoms with van der Waals surface area (Å²) in [6.07, 6.45) is 1.42. The Bertz CT molecular complexity index is 529. The maximum absolute atomic E-state index is 12.6. The first-order valence-electron chi connectivity index (χ1n) is 8.43. The van der Waals surface area contributed by atoms with Gasteiger partial charge in [-0.15, -0.1) is 0 Å². The number of nitrogens with one attached hydrogen (secondary N) is 2. The molecule has 0 bridgehead atoms. The second-order valence-electron chi connectivity index (χ2n) is 7.02. The maximum Gasteiger partial charge on any atom is 0.408 e. The van der Waals surface area contributed by atoms with Crippen LogP contribution in [-0.2, 0) is 23.9 Å². The van der Waals surface area contributed by atoms with Crippen molar-refractivity contribution in [2.75, 3.05) is 13.1 Å². The predicted molar refractivity (Wildman–Crippen MR) is 99.0 cm³/mol. The molecule has 0 aromatic carbocycles. The van der Waals surface area contributed by atoms with Crippen molar-refractivity contribution in [3.63, 3.8) is 0 Å². The molecule has 2 N–H and O–H groups in total. The number of amides is 2. The van der Waals surface area contributed by atoms with Crippen LogP contribution < -0.4 is 10.6 Å². The fourth-order valence-corrected chi connectivity index (χ4v) is 1.14. The number of alkyl carbamates (subject to hydrolysis) is 2. The number of aldehydes is 1. The topological polar surface area (TPSA) is 128 Å². The monoisotopic (exact) mass is 406 g/mol. The van der Waals surface area contributed by atoms with Crippen molar-refractivity contribution < 1.29 is 37.8 Å². The van der Waals surface area contributed by atoms with Crippen LogP contribution in [-0.4, -0.2) is 48.9 Å². The molecule has 10 heteroatoms. The second kappa shape index (κ2) is 16.4. The fourth-order valence-electron chi connectivity index (χ4n) is 1.14. The fraction of sp³-hybridized carbons (Fsp3) is 0.667. The lowest BCUT2D eigenvalue weighted by Crippen LogP contribution is -2.33. The van der Waals surface area contributed by atoms with Crippen LogP contribution in [0.2, 0.25) is 0 Å². The molecule has 0 aliphatic heterocycles. The molecule has 0 atom stereocenters. The average Bonchev–Trinajstić information content (AvgIpc) is 2.50. The summed E-state index contributed by atoms with van der Waals surface area (Å²) in [5.41, 5.74) is -1.02. The third-order valence-corrected chi connectivity index (χ3v) is 2.04. The minimum absolute atomic E-state index is 0.00505. The van der Waals surface area contributed by atoms with Gasteiger partial charge in [0.05, 0.1) is 12.4 Å². The molecular weight excluding hydrogens is 375 g/mol. The molecule has 0 spiro atoms. The summed E-state index contributed by atoms with van der Waals surface area (Å²) in [6.45, 7) is 12.5. The molecule has 0 aromatic heterocycles. The highest BCUT2D eigenvalue weighted by atomic mass is 19.1. The van der Waals surface area contributed by atoms with Gasteiger partial charge in [0, 0.05) is 6.54 Å². The zero-order chi connectivity index (χ0) is 22.8. The molecule has 2 amide bonds. The minimum atomic E-state index is -0.565. The van der Waals surface area contributed by atoms with E-state index in [1.807, 2.05) is 0 Å². The summed E-state index contributed by atoms with van der Waals surface area (Å²) in [7, 11) is 0. The van der Waals surface area contributed by atoms with E-state index in [-0.39, 0.29) is 25.1 Å². The number of ether oxygens (including phenoxy) is 2. The van der Waals surface area contributed by atoms with Crippen molar-refractivity contribution >= 4 is 24.6 Å². The van der Waals surface area contributed by atoms with Gasteiger partial charge < -0.3 is 24.9 Å². The van der Waals surface area contributed by atoms with Gasteiger partial charge in [-0.05, 0) is 54.0 Å². The standard InChI is InChI=1S/C10H18FNO2.C7H13NO3.CO2/c1-5-8(11)6-7-12-9(13)14-10(2,3)4;1-7(2,3)11-6(10)8-4-5-9;2-1-3/h6H,5,7H2,1-4H3,(H,12,13);5H,4H2,1-3H3,(H,8,10);/b8-6-;;. The van der Waals surface area contributed by atoms with Crippen LogP contribution in [0.4, 0.5) is 14.0 Å². The van der Waals surface area contributed by atoms with Gasteiger partial charge in [-0.25, -0.2) is 14.0 Å². The number of halogens is 1. The smallest absolute Gasteiger partial charge is 0.408 e. The van der Waals surface area contributed by atoms with Gasteiger partial charge >= 0.3 is 18.3 Å². The molecule has 9 nitrogen and oxygen atoms in total. The Labute approximate surface area is 165 Å². The first kappa shape index (κ1) is 30.0. The van der Waals surface area contributed by atoms with Crippen LogP contribution in [0.25, 0.3) is 0 Å². The van der Waals surface area contributed by atoms with E-state index < -0.39 is 23.4 Å². The minimum Gasteiger partial charge on any atom is -0.444 e. The van der Waals surface area contributed by atoms with Gasteiger partial charge in [0.1, 0.15) is 17.5 Å². The van der Waals surface area contributed by atoms with Crippen molar-refractivity contribution in [2.24, 2.45) is 0 Å². The first-order valence-corrected chi connectivity index (χ1v) is 8.43. The predicted octanol–water partition coefficient (Wildman–Crippen LogP) is 2.90. The van der Waals surface area contributed by atoms with E-state index in [0.29, 0.717) is 12.7 Å². The van der Waals surface area contributed by atoms with E-state index in [0.717, 1.165) is 0 Å². The largest absolute Gasteiger partial charge is 0.444 e. The van der Waals surface area contributed by atoms with Gasteiger partial charge in [-0.3, -0.25) is 0 Å². The molecule has 0 aromatic rings. The van der Waals surface area contributed by atoms with Crippen molar-refractivity contribution in [2.45, 2.75) is 66.1 Å². The quantitative estimate of drug-likeness (QED) is 0.672. The summed E-state index contributed by atoms with van der Waals surface area (Å²) >= 11 is 0. The van der Waals surface area contributed by atoms with Crippen LogP contribution >= 0.6 is 0 Å². The lowest BCUT2D eigenvalue weighted by atomic mass is 10.2. The molecule has 0 aliphatic rings. The zero-order valence-electron chi connectivity index (χ0n) is 17.5. The van der Waals surface area contributed by atoms with E-state index >= 15 is 0 Å². The highest BCUT2D eigenvalue weighted by Gasteiger charge is 2.15. The molecule has 0 heterocycles. The van der Waals surface area contributed by atoms with Crippen LogP contribution in [0.5, 0.6) is 0 Å². The Morgan fingerprint density at radius 2 is 1.29 bits per heavy atom. The Balaban J connectivity index is -0.000000399. The molecule has 0 radical (unpaired) electrons. The van der Waals surface area contributed by atoms with Gasteiger partial charge in [-0.2, -0.15) is 9.59 Å². The molecule has 162 valence electrons. The number of hydrogen-bond acceptors (Lipinski definition) is 7. The van der Waals surface area contributed by atoms with Crippen molar-refractivity contribution in [3.8, 4) is 0 Å². The Morgan fingerprint density at radius 3 is 1.57 bits per heavy atom. The van der Waals surface area contributed by atoms with E-state index in [1.165, 1.54) is 6.08 Å². The van der Waals surface area contributed by atoms with Gasteiger partial charge in [0.15, 0.2) is 0 Å². The van der Waals surface area contributed by atoms with E-state index in [9.17, 15) is 18.8 Å². The molecule has 0 saturated carbocycles. The summed E-state index contributed by atoms with van der Waals surface area (Å²) in [6, 6.07) is 0. The first-order chi connectivity index (χ1) is 12.7. The Kier molecular flexibility index (Phi) is 17.6. The van der Waals surface area contributed by atoms with Crippen LogP contribution in [0.3, 0.4) is 0 Å². The van der Waals surface area contributed by atoms with E-state index in [2.05, 4.69) is 10.6 Å². The van der Waals surface area contributed by atoms with Crippen molar-refractivity contribution in [3.05, 3.63) is 11.9 Å². The van der Waals surface area contributed by atoms with Gasteiger partial charge in [-0.1, -0.05) is 6.92 Å². The SMILES string of the molecule is CC(C)(C)OC(=O)NCC=O.CC/C(F)=C/CNC(=O)OC(C)(C)C.O=C=O. The number of carbonyl (C=O) groups excluding carboxylic acids is 5. The molecule has 28 heavy (non-hydrogen) atoms. The Hall–Kier alpha value is -2.74. The molecule has 0 aliphatic carbocycles. The summed E-state index contributed by atoms with van der Waals surface area (Å²) in [5, 5.41) is 4.69. The van der Waals surface area contributed by atoms with Crippen molar-refractivity contribution in [1.82, 2.24) is 10.6 Å². The summed E-state index contributed by atoms with van der Waals surface area (Å²) in [5.74, 6) is -0.235. The van der Waals surface area contributed by atoms with Gasteiger partial charge in [0.2, 0.25) is 0 Å². The van der Waals surface area contributed by atoms with Gasteiger partial charge in [0.25, 0.3) is 0 Å². The molecule has 0 rings (SSSR count). The molecule has 0 fully saturated rings. The average molecular weight is 406 g/mol. The number of allylic oxidation sites excluding steroid dienone is 1. The van der Waals surface area contributed by atoms with Crippen molar-refractivity contribution in [1.29, 1.82) is 0 Å². The lowest BCUT2D eigenvalue weighted by Gasteiger charge is -2.19. The molecule has 0 saturated heterocycles.